The zero-order chi connectivity index (χ0) is 17.4. The third kappa shape index (κ3) is 5.74. The molecule has 1 aliphatic rings. The van der Waals surface area contributed by atoms with Gasteiger partial charge in [-0.2, -0.15) is 0 Å². The Bertz CT molecular complexity index is 588. The van der Waals surface area contributed by atoms with Gasteiger partial charge in [0.2, 0.25) is 0 Å². The van der Waals surface area contributed by atoms with Crippen LogP contribution in [0.2, 0.25) is 0 Å². The average molecular weight is 351 g/mol. The number of hydrogen-bond donors (Lipinski definition) is 1. The van der Waals surface area contributed by atoms with Crippen molar-refractivity contribution in [2.24, 2.45) is 4.99 Å². The van der Waals surface area contributed by atoms with Crippen LogP contribution in [0.4, 0.5) is 0 Å². The number of phenols is 1. The van der Waals surface area contributed by atoms with Gasteiger partial charge in [0.05, 0.1) is 19.3 Å². The molecule has 24 heavy (non-hydrogen) atoms. The number of benzene rings is 1. The Balaban J connectivity index is 1.75. The van der Waals surface area contributed by atoms with Crippen LogP contribution in [0.1, 0.15) is 45.1 Å². The molecular formula is C18H25NO4S. The minimum atomic E-state index is -0.185. The molecule has 5 nitrogen and oxygen atoms in total. The first-order chi connectivity index (χ1) is 11.6. The zero-order valence-corrected chi connectivity index (χ0v) is 15.1. The largest absolute Gasteiger partial charge is 0.507 e. The SMILES string of the molecule is CCCCOC(=O)CCCOc1ccc(C2=NC(C)CS2)c(O)c1. The molecule has 1 aromatic carbocycles. The lowest BCUT2D eigenvalue weighted by atomic mass is 10.2. The second-order valence-electron chi connectivity index (χ2n) is 5.80. The van der Waals surface area contributed by atoms with E-state index < -0.39 is 0 Å². The molecule has 0 amide bonds. The Labute approximate surface area is 147 Å². The third-order valence-corrected chi connectivity index (χ3v) is 4.80. The van der Waals surface area contributed by atoms with Gasteiger partial charge in [0, 0.05) is 23.8 Å². The fraction of sp³-hybridized carbons (Fsp3) is 0.556. The summed E-state index contributed by atoms with van der Waals surface area (Å²) in [4.78, 5) is 16.0. The molecule has 0 fully saturated rings. The molecule has 1 unspecified atom stereocenters. The molecular weight excluding hydrogens is 326 g/mol. The molecule has 1 aliphatic heterocycles. The first kappa shape index (κ1) is 18.6. The highest BCUT2D eigenvalue weighted by Gasteiger charge is 2.18. The molecule has 132 valence electrons. The molecule has 2 rings (SSSR count). The summed E-state index contributed by atoms with van der Waals surface area (Å²) in [5.74, 6) is 1.52. The summed E-state index contributed by atoms with van der Waals surface area (Å²) >= 11 is 1.65. The van der Waals surface area contributed by atoms with Gasteiger partial charge < -0.3 is 14.6 Å². The summed E-state index contributed by atoms with van der Waals surface area (Å²) in [6, 6.07) is 5.53. The monoisotopic (exact) mass is 351 g/mol. The van der Waals surface area contributed by atoms with Gasteiger partial charge in [0.1, 0.15) is 16.5 Å². The maximum absolute atomic E-state index is 11.5. The summed E-state index contributed by atoms with van der Waals surface area (Å²) in [6.45, 7) is 5.02. The van der Waals surface area contributed by atoms with Gasteiger partial charge in [-0.25, -0.2) is 0 Å². The van der Waals surface area contributed by atoms with Gasteiger partial charge in [-0.05, 0) is 31.9 Å². The Morgan fingerprint density at radius 2 is 2.21 bits per heavy atom. The fourth-order valence-corrected chi connectivity index (χ4v) is 3.27. The van der Waals surface area contributed by atoms with Crippen LogP contribution in [0.5, 0.6) is 11.5 Å². The van der Waals surface area contributed by atoms with Gasteiger partial charge >= 0.3 is 5.97 Å². The number of carbonyl (C=O) groups is 1. The molecule has 1 atom stereocenters. The maximum atomic E-state index is 11.5. The van der Waals surface area contributed by atoms with Crippen LogP contribution in [-0.4, -0.2) is 41.1 Å². The summed E-state index contributed by atoms with van der Waals surface area (Å²) in [6.07, 6.45) is 2.85. The lowest BCUT2D eigenvalue weighted by Gasteiger charge is -2.09. The fourth-order valence-electron chi connectivity index (χ4n) is 2.21. The van der Waals surface area contributed by atoms with Crippen molar-refractivity contribution in [1.29, 1.82) is 0 Å². The van der Waals surface area contributed by atoms with E-state index in [4.69, 9.17) is 9.47 Å². The summed E-state index contributed by atoms with van der Waals surface area (Å²) in [5, 5.41) is 11.0. The van der Waals surface area contributed by atoms with Crippen molar-refractivity contribution < 1.29 is 19.4 Å². The van der Waals surface area contributed by atoms with Crippen LogP contribution < -0.4 is 4.74 Å². The van der Waals surface area contributed by atoms with Crippen molar-refractivity contribution in [3.05, 3.63) is 23.8 Å². The number of rotatable bonds is 9. The quantitative estimate of drug-likeness (QED) is 0.542. The highest BCUT2D eigenvalue weighted by Crippen LogP contribution is 2.31. The van der Waals surface area contributed by atoms with Crippen molar-refractivity contribution in [2.75, 3.05) is 19.0 Å². The lowest BCUT2D eigenvalue weighted by molar-refractivity contribution is -0.144. The topological polar surface area (TPSA) is 68.1 Å². The van der Waals surface area contributed by atoms with E-state index in [0.29, 0.717) is 31.8 Å². The Hall–Kier alpha value is -1.69. The number of nitrogens with zero attached hydrogens (tertiary/aromatic N) is 1. The normalized spacial score (nSPS) is 16.8. The number of aromatic hydroxyl groups is 1. The molecule has 0 aromatic heterocycles. The van der Waals surface area contributed by atoms with E-state index in [1.165, 1.54) is 0 Å². The number of hydrogen-bond acceptors (Lipinski definition) is 6. The standard InChI is InChI=1S/C18H25NO4S/c1-3-4-9-23-17(21)6-5-10-22-14-7-8-15(16(20)11-14)18-19-13(2)12-24-18/h7-8,11,13,20H,3-6,9-10,12H2,1-2H3. The van der Waals surface area contributed by atoms with Crippen molar-refractivity contribution in [2.45, 2.75) is 45.6 Å². The van der Waals surface area contributed by atoms with Crippen LogP contribution in [0, 0.1) is 0 Å². The van der Waals surface area contributed by atoms with Gasteiger partial charge in [-0.1, -0.05) is 13.3 Å². The zero-order valence-electron chi connectivity index (χ0n) is 14.3. The number of esters is 1. The Morgan fingerprint density at radius 1 is 1.38 bits per heavy atom. The predicted octanol–water partition coefficient (Wildman–Crippen LogP) is 3.78. The smallest absolute Gasteiger partial charge is 0.305 e. The minimum absolute atomic E-state index is 0.173. The highest BCUT2D eigenvalue weighted by molar-refractivity contribution is 8.14. The molecule has 1 aromatic rings. The van der Waals surface area contributed by atoms with E-state index >= 15 is 0 Å². The number of unbranched alkanes of at least 4 members (excludes halogenated alkanes) is 1. The Kier molecular flexibility index (Phi) is 7.43. The maximum Gasteiger partial charge on any atom is 0.305 e. The van der Waals surface area contributed by atoms with E-state index in [0.717, 1.165) is 29.2 Å². The van der Waals surface area contributed by atoms with Crippen molar-refractivity contribution in [3.63, 3.8) is 0 Å². The van der Waals surface area contributed by atoms with Gasteiger partial charge in [0.15, 0.2) is 0 Å². The van der Waals surface area contributed by atoms with E-state index in [2.05, 4.69) is 18.8 Å². The molecule has 6 heteroatoms. The summed E-state index contributed by atoms with van der Waals surface area (Å²) < 4.78 is 10.7. The van der Waals surface area contributed by atoms with Crippen LogP contribution in [-0.2, 0) is 9.53 Å². The summed E-state index contributed by atoms with van der Waals surface area (Å²) in [5.41, 5.74) is 0.746. The van der Waals surface area contributed by atoms with Crippen LogP contribution in [0.15, 0.2) is 23.2 Å². The molecule has 1 heterocycles. The number of ether oxygens (including phenoxy) is 2. The average Bonchev–Trinajstić information content (AvgIpc) is 2.98. The van der Waals surface area contributed by atoms with Crippen LogP contribution >= 0.6 is 11.8 Å². The predicted molar refractivity (Wildman–Crippen MR) is 97.2 cm³/mol. The molecule has 0 aliphatic carbocycles. The van der Waals surface area contributed by atoms with Crippen LogP contribution in [0.25, 0.3) is 0 Å². The van der Waals surface area contributed by atoms with Crippen LogP contribution in [0.3, 0.4) is 0 Å². The molecule has 0 bridgehead atoms. The third-order valence-electron chi connectivity index (χ3n) is 3.55. The molecule has 1 N–H and O–H groups in total. The number of thioether (sulfide) groups is 1. The molecule has 0 saturated heterocycles. The second kappa shape index (κ2) is 9.57. The van der Waals surface area contributed by atoms with E-state index in [1.807, 2.05) is 12.1 Å². The highest BCUT2D eigenvalue weighted by atomic mass is 32.2. The molecule has 0 saturated carbocycles. The number of phenolic OH excluding ortho intramolecular Hbond substituents is 1. The minimum Gasteiger partial charge on any atom is -0.507 e. The van der Waals surface area contributed by atoms with Gasteiger partial charge in [-0.15, -0.1) is 11.8 Å². The van der Waals surface area contributed by atoms with Crippen molar-refractivity contribution >= 4 is 22.8 Å². The van der Waals surface area contributed by atoms with E-state index in [-0.39, 0.29) is 17.8 Å². The molecule has 0 radical (unpaired) electrons. The van der Waals surface area contributed by atoms with E-state index in [9.17, 15) is 9.90 Å². The second-order valence-corrected chi connectivity index (χ2v) is 6.81. The number of carbonyl (C=O) groups excluding carboxylic acids is 1. The first-order valence-electron chi connectivity index (χ1n) is 8.42. The van der Waals surface area contributed by atoms with Crippen molar-refractivity contribution in [1.82, 2.24) is 0 Å². The van der Waals surface area contributed by atoms with Gasteiger partial charge in [0.25, 0.3) is 0 Å². The number of aliphatic imine (C=N–C) groups is 1. The first-order valence-corrected chi connectivity index (χ1v) is 9.41. The molecule has 0 spiro atoms. The van der Waals surface area contributed by atoms with Crippen molar-refractivity contribution in [3.8, 4) is 11.5 Å². The lowest BCUT2D eigenvalue weighted by Crippen LogP contribution is -2.08. The van der Waals surface area contributed by atoms with E-state index in [1.54, 1.807) is 17.8 Å². The Morgan fingerprint density at radius 3 is 2.88 bits per heavy atom. The summed E-state index contributed by atoms with van der Waals surface area (Å²) in [7, 11) is 0. The van der Waals surface area contributed by atoms with Gasteiger partial charge in [-0.3, -0.25) is 9.79 Å².